The molecule has 0 unspecified atom stereocenters. The minimum absolute atomic E-state index is 0.0369. The third-order valence-electron chi connectivity index (χ3n) is 9.25. The number of nitrogens with one attached hydrogen (secondary N) is 7. The van der Waals surface area contributed by atoms with Crippen molar-refractivity contribution < 1.29 is 58.8 Å². The third kappa shape index (κ3) is 15.9. The van der Waals surface area contributed by atoms with Gasteiger partial charge < -0.3 is 68.8 Å². The number of aliphatic carboxylic acids is 2. The number of unbranched alkanes of at least 4 members (excludes halogenated alkanes) is 1. The highest BCUT2D eigenvalue weighted by molar-refractivity contribution is 5.98. The van der Waals surface area contributed by atoms with E-state index in [0.717, 1.165) is 5.52 Å². The van der Waals surface area contributed by atoms with Gasteiger partial charge in [0.2, 0.25) is 35.4 Å². The van der Waals surface area contributed by atoms with Crippen molar-refractivity contribution in [2.45, 2.75) is 109 Å². The minimum Gasteiger partial charge on any atom is -0.481 e. The van der Waals surface area contributed by atoms with E-state index in [9.17, 15) is 58.8 Å². The fourth-order valence-electron chi connectivity index (χ4n) is 5.98. The maximum absolute atomic E-state index is 13.6. The number of carboxylic acids is 2. The number of nitrogens with two attached hydrogens (primary N) is 2. The molecule has 1 heterocycles. The maximum atomic E-state index is 13.6. The number of hydrogen-bond acceptors (Lipinski definition) is 12. The predicted octanol–water partition coefficient (Wildman–Crippen LogP) is -2.68. The lowest BCUT2D eigenvalue weighted by Crippen LogP contribution is -2.61. The largest absolute Gasteiger partial charge is 0.481 e. The van der Waals surface area contributed by atoms with E-state index in [0.29, 0.717) is 30.3 Å². The van der Waals surface area contributed by atoms with Crippen molar-refractivity contribution in [2.24, 2.45) is 23.3 Å². The zero-order chi connectivity index (χ0) is 44.4. The number of H-pyrrole nitrogens is 1. The number of amides is 6. The number of aromatic amines is 1. The number of hydrogen-bond donors (Lipinski definition) is 13. The van der Waals surface area contributed by atoms with Gasteiger partial charge in [0.05, 0.1) is 25.7 Å². The summed E-state index contributed by atoms with van der Waals surface area (Å²) in [5.41, 5.74) is 12.6. The first-order valence-corrected chi connectivity index (χ1v) is 19.3. The first kappa shape index (κ1) is 49.5. The normalized spacial score (nSPS) is 14.9. The zero-order valence-electron chi connectivity index (χ0n) is 33.7. The summed E-state index contributed by atoms with van der Waals surface area (Å²) in [6, 6.07) is -3.26. The van der Waals surface area contributed by atoms with Crippen molar-refractivity contribution in [1.29, 1.82) is 0 Å². The van der Waals surface area contributed by atoms with Crippen LogP contribution in [0.2, 0.25) is 0 Å². The Labute approximate surface area is 341 Å². The van der Waals surface area contributed by atoms with Crippen molar-refractivity contribution in [2.75, 3.05) is 19.8 Å². The smallest absolute Gasteiger partial charge is 0.326 e. The predicted molar refractivity (Wildman–Crippen MR) is 213 cm³/mol. The van der Waals surface area contributed by atoms with Gasteiger partial charge in [0, 0.05) is 23.5 Å². The molecule has 2 aromatic rings. The molecule has 328 valence electrons. The summed E-state index contributed by atoms with van der Waals surface area (Å²) in [5.74, 6) is -9.58. The van der Waals surface area contributed by atoms with Crippen LogP contribution in [0.1, 0.15) is 65.4 Å². The Morgan fingerprint density at radius 2 is 1.19 bits per heavy atom. The number of aliphatic hydroxyl groups excluding tert-OH is 2. The third-order valence-corrected chi connectivity index (χ3v) is 9.25. The van der Waals surface area contributed by atoms with E-state index in [-0.39, 0.29) is 25.2 Å². The minimum atomic E-state index is -1.86. The number of rotatable bonds is 26. The standard InChI is InChI=1S/C38H59N9O12/c1-19(2)13-25(42-36(56)28(17-48)45-32(52)23(40)10-7-8-12-39)33(53)44-27(15-30(50)51)34(54)46-29(18-49)37(57)43-26(35(55)47-31(20(3)4)38(58)59)14-21-16-41-24-11-6-5-9-22(21)24/h5-6,9,11,16,19-20,23,25-29,31,41,48-49H,7-8,10,12-15,17-18,39-40H2,1-4H3,(H,42,56)(H,43,57)(H,44,53)(H,45,52)(H,46,54)(H,47,55)(H,50,51)(H,58,59)/t23-,25-,26-,27-,28-,29-,31-/m0/s1. The molecular weight excluding hydrogens is 774 g/mol. The van der Waals surface area contributed by atoms with Gasteiger partial charge in [-0.2, -0.15) is 0 Å². The molecule has 0 bridgehead atoms. The van der Waals surface area contributed by atoms with Gasteiger partial charge in [-0.3, -0.25) is 33.6 Å². The van der Waals surface area contributed by atoms with Gasteiger partial charge in [-0.05, 0) is 49.3 Å². The highest BCUT2D eigenvalue weighted by atomic mass is 16.4. The molecule has 59 heavy (non-hydrogen) atoms. The van der Waals surface area contributed by atoms with Crippen LogP contribution in [-0.2, 0) is 44.8 Å². The van der Waals surface area contributed by atoms with E-state index in [1.807, 2.05) is 0 Å². The molecule has 21 nitrogen and oxygen atoms in total. The molecule has 7 atom stereocenters. The monoisotopic (exact) mass is 833 g/mol. The van der Waals surface area contributed by atoms with Crippen LogP contribution in [0.3, 0.4) is 0 Å². The number of carbonyl (C=O) groups is 8. The quantitative estimate of drug-likeness (QED) is 0.0430. The van der Waals surface area contributed by atoms with Crippen molar-refractivity contribution in [3.05, 3.63) is 36.0 Å². The lowest BCUT2D eigenvalue weighted by molar-refractivity contribution is -0.143. The second-order valence-electron chi connectivity index (χ2n) is 14.9. The van der Waals surface area contributed by atoms with Crippen LogP contribution in [-0.4, -0.2) is 135 Å². The molecule has 0 saturated carbocycles. The van der Waals surface area contributed by atoms with Gasteiger partial charge in [-0.15, -0.1) is 0 Å². The summed E-state index contributed by atoms with van der Waals surface area (Å²) in [4.78, 5) is 107. The molecular formula is C38H59N9O12. The Hall–Kier alpha value is -5.64. The number of fused-ring (bicyclic) bond motifs is 1. The summed E-state index contributed by atoms with van der Waals surface area (Å²) < 4.78 is 0. The van der Waals surface area contributed by atoms with E-state index in [1.165, 1.54) is 0 Å². The summed E-state index contributed by atoms with van der Waals surface area (Å²) in [5, 5.41) is 54.1. The van der Waals surface area contributed by atoms with E-state index in [1.54, 1.807) is 58.2 Å². The second kappa shape index (κ2) is 24.3. The lowest BCUT2D eigenvalue weighted by Gasteiger charge is -2.27. The van der Waals surface area contributed by atoms with Gasteiger partial charge in [0.15, 0.2) is 0 Å². The lowest BCUT2D eigenvalue weighted by atomic mass is 10.0. The van der Waals surface area contributed by atoms with Gasteiger partial charge in [0.25, 0.3) is 0 Å². The van der Waals surface area contributed by atoms with E-state index in [4.69, 9.17) is 11.5 Å². The fourth-order valence-corrected chi connectivity index (χ4v) is 5.98. The Balaban J connectivity index is 2.28. The molecule has 0 aliphatic rings. The van der Waals surface area contributed by atoms with Crippen LogP contribution in [0, 0.1) is 11.8 Å². The fraction of sp³-hybridized carbons (Fsp3) is 0.579. The Kier molecular flexibility index (Phi) is 20.4. The average Bonchev–Trinajstić information content (AvgIpc) is 3.58. The molecule has 15 N–H and O–H groups in total. The topological polar surface area (TPSA) is 357 Å². The average molecular weight is 834 g/mol. The molecule has 1 aromatic carbocycles. The molecule has 0 aliphatic carbocycles. The summed E-state index contributed by atoms with van der Waals surface area (Å²) in [7, 11) is 0. The summed E-state index contributed by atoms with van der Waals surface area (Å²) in [6.07, 6.45) is 1.84. The van der Waals surface area contributed by atoms with Crippen molar-refractivity contribution >= 4 is 58.3 Å². The first-order valence-electron chi connectivity index (χ1n) is 19.3. The number of aliphatic hydroxyl groups is 2. The Morgan fingerprint density at radius 1 is 0.678 bits per heavy atom. The zero-order valence-corrected chi connectivity index (χ0v) is 33.7. The Morgan fingerprint density at radius 3 is 1.73 bits per heavy atom. The number of aromatic nitrogens is 1. The van der Waals surface area contributed by atoms with E-state index >= 15 is 0 Å². The molecule has 0 spiro atoms. The molecule has 0 radical (unpaired) electrons. The molecule has 2 rings (SSSR count). The summed E-state index contributed by atoms with van der Waals surface area (Å²) >= 11 is 0. The molecule has 21 heteroatoms. The second-order valence-corrected chi connectivity index (χ2v) is 14.9. The van der Waals surface area contributed by atoms with Crippen molar-refractivity contribution in [1.82, 2.24) is 36.9 Å². The number of carbonyl (C=O) groups excluding carboxylic acids is 6. The molecule has 0 saturated heterocycles. The maximum Gasteiger partial charge on any atom is 0.326 e. The highest BCUT2D eigenvalue weighted by Gasteiger charge is 2.35. The van der Waals surface area contributed by atoms with Gasteiger partial charge >= 0.3 is 11.9 Å². The number of para-hydroxylation sites is 1. The SMILES string of the molecule is CC(C)C[C@H](NC(=O)[C@H](CO)NC(=O)[C@@H](N)CCCCN)C(=O)N[C@@H](CC(=O)O)C(=O)N[C@@H](CO)C(=O)N[C@@H](Cc1c[nH]c2ccccc12)C(=O)N[C@H](C(=O)O)C(C)C. The van der Waals surface area contributed by atoms with Crippen LogP contribution in [0.15, 0.2) is 30.5 Å². The van der Waals surface area contributed by atoms with Gasteiger partial charge in [-0.25, -0.2) is 4.79 Å². The number of benzene rings is 1. The highest BCUT2D eigenvalue weighted by Crippen LogP contribution is 2.19. The van der Waals surface area contributed by atoms with E-state index in [2.05, 4.69) is 36.9 Å². The van der Waals surface area contributed by atoms with Gasteiger partial charge in [0.1, 0.15) is 36.3 Å². The van der Waals surface area contributed by atoms with Crippen LogP contribution >= 0.6 is 0 Å². The summed E-state index contributed by atoms with van der Waals surface area (Å²) in [6.45, 7) is 5.05. The molecule has 1 aromatic heterocycles. The number of carboxylic acid groups (broad SMARTS) is 2. The Bertz CT molecular complexity index is 1770. The van der Waals surface area contributed by atoms with Crippen molar-refractivity contribution in [3.8, 4) is 0 Å². The van der Waals surface area contributed by atoms with Crippen LogP contribution in [0.25, 0.3) is 10.9 Å². The first-order chi connectivity index (χ1) is 27.8. The van der Waals surface area contributed by atoms with Crippen molar-refractivity contribution in [3.63, 3.8) is 0 Å². The molecule has 0 aliphatic heterocycles. The molecule has 0 fully saturated rings. The van der Waals surface area contributed by atoms with Crippen LogP contribution < -0.4 is 43.4 Å². The van der Waals surface area contributed by atoms with Gasteiger partial charge in [-0.1, -0.05) is 52.3 Å². The van der Waals surface area contributed by atoms with E-state index < -0.39 is 115 Å². The van der Waals surface area contributed by atoms with Crippen LogP contribution in [0.4, 0.5) is 0 Å². The van der Waals surface area contributed by atoms with Crippen LogP contribution in [0.5, 0.6) is 0 Å². The molecule has 6 amide bonds.